The summed E-state index contributed by atoms with van der Waals surface area (Å²) in [6, 6.07) is 5.83. The molecule has 41 heavy (non-hydrogen) atoms. The summed E-state index contributed by atoms with van der Waals surface area (Å²) >= 11 is 1.28. The van der Waals surface area contributed by atoms with Crippen LogP contribution in [0.5, 0.6) is 0 Å². The van der Waals surface area contributed by atoms with E-state index in [1.54, 1.807) is 36.9 Å². The number of carbonyl (C=O) groups excluding carboxylic acids is 4. The molecule has 1 saturated carbocycles. The van der Waals surface area contributed by atoms with Crippen LogP contribution in [0.15, 0.2) is 35.9 Å². The van der Waals surface area contributed by atoms with Gasteiger partial charge in [-0.25, -0.2) is 4.39 Å². The number of piperidine rings is 1. The minimum Gasteiger partial charge on any atom is -0.466 e. The Morgan fingerprint density at radius 3 is 2.46 bits per heavy atom. The predicted octanol–water partition coefficient (Wildman–Crippen LogP) is 4.07. The van der Waals surface area contributed by atoms with E-state index in [1.165, 1.54) is 17.8 Å². The highest BCUT2D eigenvalue weighted by molar-refractivity contribution is 8.14. The molecule has 8 nitrogen and oxygen atoms in total. The molecule has 3 aliphatic rings. The van der Waals surface area contributed by atoms with Crippen LogP contribution < -0.4 is 0 Å². The third-order valence-electron chi connectivity index (χ3n) is 7.51. The molecule has 2 atom stereocenters. The summed E-state index contributed by atoms with van der Waals surface area (Å²) in [5, 5.41) is -0.0256. The normalized spacial score (nSPS) is 21.5. The van der Waals surface area contributed by atoms with Gasteiger partial charge in [0.05, 0.1) is 25.6 Å². The molecule has 2 aliphatic heterocycles. The van der Waals surface area contributed by atoms with E-state index in [2.05, 4.69) is 0 Å². The van der Waals surface area contributed by atoms with Gasteiger partial charge in [-0.15, -0.1) is 24.8 Å². The molecular formula is C29H40Cl2FN3O5S. The van der Waals surface area contributed by atoms with E-state index in [9.17, 15) is 23.6 Å². The van der Waals surface area contributed by atoms with Crippen molar-refractivity contribution in [2.75, 3.05) is 52.4 Å². The molecule has 0 N–H and O–H groups in total. The molecule has 2 unspecified atom stereocenters. The standard InChI is InChI=1S/C29H38FN3O5S.2ClH/c1-3-38-27(36)12-13-31-16-17-32(26(35)19-31)14-10-22-18-33(15-11-25(22)39-20(2)34)28(29(37)21-8-9-21)23-6-4-5-7-24(23)30;;/h4-7,10,21,25,28H,3,8-9,11-19H2,1-2H3;2*1H/b22-10+;;. The summed E-state index contributed by atoms with van der Waals surface area (Å²) in [5.74, 6) is -0.621. The Hall–Kier alpha value is -1.98. The molecule has 0 radical (unpaired) electrons. The summed E-state index contributed by atoms with van der Waals surface area (Å²) in [6.45, 7) is 7.02. The number of rotatable bonds is 11. The van der Waals surface area contributed by atoms with Crippen molar-refractivity contribution in [2.24, 2.45) is 5.92 Å². The smallest absolute Gasteiger partial charge is 0.307 e. The number of halogens is 3. The van der Waals surface area contributed by atoms with Crippen molar-refractivity contribution >= 4 is 59.4 Å². The van der Waals surface area contributed by atoms with Crippen LogP contribution in [0.3, 0.4) is 0 Å². The second-order valence-electron chi connectivity index (χ2n) is 10.4. The first-order valence-corrected chi connectivity index (χ1v) is 14.7. The summed E-state index contributed by atoms with van der Waals surface area (Å²) in [4.78, 5) is 55.7. The SMILES string of the molecule is CCOC(=O)CCN1CCN(C/C=C2\CN(C(C(=O)C3CC3)c3ccccc3F)CCC2SC(C)=O)C(=O)C1.Cl.Cl. The number of piperazine rings is 1. The van der Waals surface area contributed by atoms with Crippen LogP contribution in [-0.4, -0.2) is 95.1 Å². The molecular weight excluding hydrogens is 592 g/mol. The maximum absolute atomic E-state index is 14.9. The molecule has 3 fully saturated rings. The lowest BCUT2D eigenvalue weighted by Crippen LogP contribution is -2.50. The Morgan fingerprint density at radius 1 is 1.10 bits per heavy atom. The molecule has 2 saturated heterocycles. The molecule has 0 aromatic heterocycles. The van der Waals surface area contributed by atoms with Crippen LogP contribution in [0.4, 0.5) is 4.39 Å². The molecule has 12 heteroatoms. The average Bonchev–Trinajstić information content (AvgIpc) is 3.75. The lowest BCUT2D eigenvalue weighted by Gasteiger charge is -2.39. The van der Waals surface area contributed by atoms with Gasteiger partial charge in [0.25, 0.3) is 0 Å². The van der Waals surface area contributed by atoms with Crippen LogP contribution in [0.2, 0.25) is 0 Å². The largest absolute Gasteiger partial charge is 0.466 e. The van der Waals surface area contributed by atoms with Crippen molar-refractivity contribution in [3.8, 4) is 0 Å². The fraction of sp³-hybridized carbons (Fsp3) is 0.586. The monoisotopic (exact) mass is 631 g/mol. The number of carbonyl (C=O) groups is 4. The number of ether oxygens (including phenoxy) is 1. The molecule has 1 aromatic carbocycles. The molecule has 1 aromatic rings. The first-order valence-electron chi connectivity index (χ1n) is 13.8. The van der Waals surface area contributed by atoms with Crippen LogP contribution in [0.1, 0.15) is 51.1 Å². The van der Waals surface area contributed by atoms with Gasteiger partial charge in [-0.05, 0) is 37.8 Å². The zero-order chi connectivity index (χ0) is 27.9. The number of thioether (sulfide) groups is 1. The van der Waals surface area contributed by atoms with Crippen molar-refractivity contribution in [1.29, 1.82) is 0 Å². The van der Waals surface area contributed by atoms with Crippen LogP contribution in [0, 0.1) is 11.7 Å². The molecule has 228 valence electrons. The van der Waals surface area contributed by atoms with Gasteiger partial charge in [-0.1, -0.05) is 36.0 Å². The third-order valence-corrected chi connectivity index (χ3v) is 8.66. The number of hydrogen-bond donors (Lipinski definition) is 0. The van der Waals surface area contributed by atoms with Crippen molar-refractivity contribution in [2.45, 2.75) is 50.8 Å². The number of nitrogens with zero attached hydrogens (tertiary/aromatic N) is 3. The first-order chi connectivity index (χ1) is 18.8. The van der Waals surface area contributed by atoms with E-state index < -0.39 is 6.04 Å². The molecule has 2 heterocycles. The van der Waals surface area contributed by atoms with Gasteiger partial charge in [0, 0.05) is 62.9 Å². The molecule has 1 amide bonds. The van der Waals surface area contributed by atoms with E-state index in [0.717, 1.165) is 18.4 Å². The number of likely N-dealkylation sites (tertiary alicyclic amines) is 1. The Morgan fingerprint density at radius 2 is 1.83 bits per heavy atom. The van der Waals surface area contributed by atoms with Crippen LogP contribution >= 0.6 is 36.6 Å². The van der Waals surface area contributed by atoms with E-state index in [0.29, 0.717) is 57.9 Å². The number of ketones is 1. The van der Waals surface area contributed by atoms with Crippen LogP contribution in [-0.2, 0) is 23.9 Å². The molecule has 0 bridgehead atoms. The lowest BCUT2D eigenvalue weighted by molar-refractivity contribution is -0.144. The summed E-state index contributed by atoms with van der Waals surface area (Å²) in [7, 11) is 0. The summed E-state index contributed by atoms with van der Waals surface area (Å²) in [5.41, 5.74) is 1.39. The van der Waals surface area contributed by atoms with Gasteiger partial charge in [0.15, 0.2) is 10.9 Å². The Labute approximate surface area is 258 Å². The van der Waals surface area contributed by atoms with Gasteiger partial charge >= 0.3 is 5.97 Å². The number of Topliss-reactive ketones (excluding diaryl/α,β-unsaturated/α-hetero) is 1. The van der Waals surface area contributed by atoms with Gasteiger partial charge in [-0.3, -0.25) is 29.0 Å². The number of hydrogen-bond acceptors (Lipinski definition) is 8. The average molecular weight is 633 g/mol. The molecule has 1 aliphatic carbocycles. The Kier molecular flexibility index (Phi) is 14.3. The van der Waals surface area contributed by atoms with Gasteiger partial charge in [0.2, 0.25) is 5.91 Å². The fourth-order valence-corrected chi connectivity index (χ4v) is 6.25. The zero-order valence-electron chi connectivity index (χ0n) is 23.6. The van der Waals surface area contributed by atoms with E-state index >= 15 is 0 Å². The second-order valence-corrected chi connectivity index (χ2v) is 11.8. The highest BCUT2D eigenvalue weighted by Crippen LogP contribution is 2.40. The molecule has 0 spiro atoms. The number of amides is 1. The van der Waals surface area contributed by atoms with Crippen LogP contribution in [0.25, 0.3) is 0 Å². The number of benzene rings is 1. The third kappa shape index (κ3) is 9.78. The Bertz CT molecular complexity index is 1120. The second kappa shape index (κ2) is 16.6. The highest BCUT2D eigenvalue weighted by Gasteiger charge is 2.41. The lowest BCUT2D eigenvalue weighted by atomic mass is 9.93. The quantitative estimate of drug-likeness (QED) is 0.267. The Balaban J connectivity index is 0.00000294. The van der Waals surface area contributed by atoms with Gasteiger partial charge < -0.3 is 9.64 Å². The maximum atomic E-state index is 14.9. The van der Waals surface area contributed by atoms with E-state index in [-0.39, 0.29) is 77.5 Å². The maximum Gasteiger partial charge on any atom is 0.307 e. The van der Waals surface area contributed by atoms with Crippen molar-refractivity contribution in [1.82, 2.24) is 14.7 Å². The number of esters is 1. The van der Waals surface area contributed by atoms with Crippen molar-refractivity contribution in [3.05, 3.63) is 47.3 Å². The summed E-state index contributed by atoms with van der Waals surface area (Å²) < 4.78 is 19.8. The van der Waals surface area contributed by atoms with Gasteiger partial charge in [0.1, 0.15) is 5.82 Å². The van der Waals surface area contributed by atoms with Gasteiger partial charge in [-0.2, -0.15) is 0 Å². The zero-order valence-corrected chi connectivity index (χ0v) is 26.0. The predicted molar refractivity (Wildman–Crippen MR) is 162 cm³/mol. The molecule has 4 rings (SSSR count). The highest BCUT2D eigenvalue weighted by atomic mass is 35.5. The minimum atomic E-state index is -0.657. The van der Waals surface area contributed by atoms with E-state index in [4.69, 9.17) is 4.74 Å². The summed E-state index contributed by atoms with van der Waals surface area (Å²) in [6.07, 6.45) is 4.62. The fourth-order valence-electron chi connectivity index (χ4n) is 5.30. The first kappa shape index (κ1) is 35.2. The van der Waals surface area contributed by atoms with Crippen molar-refractivity contribution in [3.63, 3.8) is 0 Å². The minimum absolute atomic E-state index is 0. The topological polar surface area (TPSA) is 87.2 Å². The van der Waals surface area contributed by atoms with E-state index in [1.807, 2.05) is 15.9 Å². The van der Waals surface area contributed by atoms with Crippen molar-refractivity contribution < 1.29 is 28.3 Å².